The molecule has 0 atom stereocenters. The third-order valence-corrected chi connectivity index (χ3v) is 3.00. The number of hydrogen-bond donors (Lipinski definition) is 1. The van der Waals surface area contributed by atoms with E-state index in [1.54, 1.807) is 17.0 Å². The van der Waals surface area contributed by atoms with Crippen molar-refractivity contribution < 1.29 is 9.53 Å². The molecule has 17 heavy (non-hydrogen) atoms. The van der Waals surface area contributed by atoms with E-state index in [0.717, 1.165) is 11.4 Å². The molecular weight excluding hydrogens is 216 g/mol. The lowest BCUT2D eigenvalue weighted by Crippen LogP contribution is -2.42. The molecule has 1 heterocycles. The summed E-state index contributed by atoms with van der Waals surface area (Å²) in [6, 6.07) is 5.40. The van der Waals surface area contributed by atoms with Crippen LogP contribution in [0.4, 0.5) is 11.4 Å². The number of amides is 1. The van der Waals surface area contributed by atoms with Crippen molar-refractivity contribution in [1.82, 2.24) is 0 Å². The lowest BCUT2D eigenvalue weighted by molar-refractivity contribution is -0.127. The normalized spacial score (nSPS) is 18.3. The van der Waals surface area contributed by atoms with Crippen LogP contribution in [-0.2, 0) is 4.79 Å². The number of carbonyl (C=O) groups is 1. The number of rotatable bonds is 1. The summed E-state index contributed by atoms with van der Waals surface area (Å²) in [7, 11) is 0. The van der Waals surface area contributed by atoms with Gasteiger partial charge in [-0.2, -0.15) is 0 Å². The van der Waals surface area contributed by atoms with Gasteiger partial charge >= 0.3 is 0 Å². The Morgan fingerprint density at radius 3 is 2.82 bits per heavy atom. The molecule has 2 rings (SSSR count). The van der Waals surface area contributed by atoms with Crippen molar-refractivity contribution in [2.45, 2.75) is 20.8 Å². The molecule has 1 amide bonds. The zero-order chi connectivity index (χ0) is 12.6. The van der Waals surface area contributed by atoms with E-state index >= 15 is 0 Å². The van der Waals surface area contributed by atoms with Gasteiger partial charge in [-0.25, -0.2) is 0 Å². The molecule has 4 nitrogen and oxygen atoms in total. The number of ether oxygens (including phenoxy) is 1. The van der Waals surface area contributed by atoms with Crippen LogP contribution in [0.1, 0.15) is 20.8 Å². The summed E-state index contributed by atoms with van der Waals surface area (Å²) in [5, 5.41) is 0. The number of fused-ring (bicyclic) bond motifs is 1. The van der Waals surface area contributed by atoms with Crippen LogP contribution in [0, 0.1) is 5.41 Å². The molecule has 0 saturated carbocycles. The molecule has 0 aliphatic carbocycles. The van der Waals surface area contributed by atoms with Crippen LogP contribution in [0.3, 0.4) is 0 Å². The molecule has 0 aromatic heterocycles. The first-order valence-corrected chi connectivity index (χ1v) is 5.80. The van der Waals surface area contributed by atoms with Crippen LogP contribution in [0.25, 0.3) is 0 Å². The summed E-state index contributed by atoms with van der Waals surface area (Å²) in [6.45, 7) is 6.74. The van der Waals surface area contributed by atoms with Crippen molar-refractivity contribution >= 4 is 17.3 Å². The molecule has 2 N–H and O–H groups in total. The maximum atomic E-state index is 12.4. The standard InChI is InChI=1S/C13H18N2O2/c1-4-15-10-7-9(14)5-6-11(10)17-8-13(2,3)12(15)16/h5-7H,4,8,14H2,1-3H3. The topological polar surface area (TPSA) is 55.6 Å². The van der Waals surface area contributed by atoms with Crippen LogP contribution in [0.5, 0.6) is 5.75 Å². The number of anilines is 2. The molecule has 0 saturated heterocycles. The first kappa shape index (κ1) is 11.8. The van der Waals surface area contributed by atoms with Gasteiger partial charge in [0.1, 0.15) is 12.4 Å². The Morgan fingerprint density at radius 1 is 1.47 bits per heavy atom. The molecule has 1 aliphatic heterocycles. The fourth-order valence-electron chi connectivity index (χ4n) is 1.98. The molecule has 92 valence electrons. The average Bonchev–Trinajstić information content (AvgIpc) is 2.36. The minimum absolute atomic E-state index is 0.0735. The second-order valence-electron chi connectivity index (χ2n) is 4.95. The quantitative estimate of drug-likeness (QED) is 0.756. The molecule has 1 aliphatic rings. The summed E-state index contributed by atoms with van der Waals surface area (Å²) < 4.78 is 5.70. The Kier molecular flexibility index (Phi) is 2.73. The molecular formula is C13H18N2O2. The van der Waals surface area contributed by atoms with Gasteiger partial charge in [-0.3, -0.25) is 4.79 Å². The number of benzene rings is 1. The Bertz CT molecular complexity index is 455. The minimum Gasteiger partial charge on any atom is -0.490 e. The highest BCUT2D eigenvalue weighted by Crippen LogP contribution is 2.37. The van der Waals surface area contributed by atoms with Crippen LogP contribution in [0.2, 0.25) is 0 Å². The highest BCUT2D eigenvalue weighted by Gasteiger charge is 2.37. The fraction of sp³-hybridized carbons (Fsp3) is 0.462. The van der Waals surface area contributed by atoms with Gasteiger partial charge in [-0.05, 0) is 39.0 Å². The fourth-order valence-corrected chi connectivity index (χ4v) is 1.98. The Balaban J connectivity index is 2.53. The minimum atomic E-state index is -0.510. The zero-order valence-corrected chi connectivity index (χ0v) is 10.5. The predicted molar refractivity (Wildman–Crippen MR) is 68.2 cm³/mol. The van der Waals surface area contributed by atoms with Crippen molar-refractivity contribution in [3.8, 4) is 5.75 Å². The van der Waals surface area contributed by atoms with E-state index in [-0.39, 0.29) is 5.91 Å². The SMILES string of the molecule is CCN1C(=O)C(C)(C)COc2ccc(N)cc21. The molecule has 0 unspecified atom stereocenters. The highest BCUT2D eigenvalue weighted by atomic mass is 16.5. The van der Waals surface area contributed by atoms with E-state index in [2.05, 4.69) is 0 Å². The number of nitrogen functional groups attached to an aromatic ring is 1. The molecule has 1 aromatic rings. The first-order valence-electron chi connectivity index (χ1n) is 5.80. The van der Waals surface area contributed by atoms with E-state index in [1.807, 2.05) is 26.8 Å². The molecule has 4 heteroatoms. The van der Waals surface area contributed by atoms with Gasteiger partial charge in [-0.15, -0.1) is 0 Å². The van der Waals surface area contributed by atoms with Crippen molar-refractivity contribution in [2.75, 3.05) is 23.8 Å². The second-order valence-corrected chi connectivity index (χ2v) is 4.95. The van der Waals surface area contributed by atoms with Crippen LogP contribution < -0.4 is 15.4 Å². The largest absolute Gasteiger partial charge is 0.490 e. The third kappa shape index (κ3) is 1.95. The maximum Gasteiger partial charge on any atom is 0.236 e. The molecule has 1 aromatic carbocycles. The lowest BCUT2D eigenvalue weighted by atomic mass is 9.93. The van der Waals surface area contributed by atoms with Gasteiger partial charge < -0.3 is 15.4 Å². The van der Waals surface area contributed by atoms with Crippen molar-refractivity contribution in [3.05, 3.63) is 18.2 Å². The number of hydrogen-bond acceptors (Lipinski definition) is 3. The second kappa shape index (κ2) is 3.95. The Hall–Kier alpha value is -1.71. The molecule has 0 radical (unpaired) electrons. The Morgan fingerprint density at radius 2 is 2.18 bits per heavy atom. The predicted octanol–water partition coefficient (Wildman–Crippen LogP) is 2.04. The van der Waals surface area contributed by atoms with Crippen molar-refractivity contribution in [2.24, 2.45) is 5.41 Å². The van der Waals surface area contributed by atoms with Crippen molar-refractivity contribution in [1.29, 1.82) is 0 Å². The van der Waals surface area contributed by atoms with E-state index < -0.39 is 5.41 Å². The summed E-state index contributed by atoms with van der Waals surface area (Å²) in [5.41, 5.74) is 6.66. The van der Waals surface area contributed by atoms with Crippen molar-refractivity contribution in [3.63, 3.8) is 0 Å². The number of carbonyl (C=O) groups excluding carboxylic acids is 1. The summed E-state index contributed by atoms with van der Waals surface area (Å²) in [4.78, 5) is 14.1. The van der Waals surface area contributed by atoms with Crippen LogP contribution in [0.15, 0.2) is 18.2 Å². The Labute approximate surface area is 101 Å². The van der Waals surface area contributed by atoms with E-state index in [9.17, 15) is 4.79 Å². The number of nitrogens with zero attached hydrogens (tertiary/aromatic N) is 1. The molecule has 0 spiro atoms. The zero-order valence-electron chi connectivity index (χ0n) is 10.5. The third-order valence-electron chi connectivity index (χ3n) is 3.00. The van der Waals surface area contributed by atoms with E-state index in [1.165, 1.54) is 0 Å². The van der Waals surface area contributed by atoms with Crippen LogP contribution in [-0.4, -0.2) is 19.1 Å². The summed E-state index contributed by atoms with van der Waals surface area (Å²) in [6.07, 6.45) is 0. The maximum absolute atomic E-state index is 12.4. The van der Waals surface area contributed by atoms with Crippen LogP contribution >= 0.6 is 0 Å². The van der Waals surface area contributed by atoms with Gasteiger partial charge in [0, 0.05) is 12.2 Å². The average molecular weight is 234 g/mol. The summed E-state index contributed by atoms with van der Waals surface area (Å²) in [5.74, 6) is 0.796. The highest BCUT2D eigenvalue weighted by molar-refractivity contribution is 5.99. The van der Waals surface area contributed by atoms with Gasteiger partial charge in [0.15, 0.2) is 0 Å². The van der Waals surface area contributed by atoms with Gasteiger partial charge in [-0.1, -0.05) is 0 Å². The van der Waals surface area contributed by atoms with E-state index in [0.29, 0.717) is 18.8 Å². The monoisotopic (exact) mass is 234 g/mol. The first-order chi connectivity index (χ1) is 7.95. The van der Waals surface area contributed by atoms with Gasteiger partial charge in [0.05, 0.1) is 11.1 Å². The van der Waals surface area contributed by atoms with Gasteiger partial charge in [0.25, 0.3) is 0 Å². The summed E-state index contributed by atoms with van der Waals surface area (Å²) >= 11 is 0. The van der Waals surface area contributed by atoms with Gasteiger partial charge in [0.2, 0.25) is 5.91 Å². The van der Waals surface area contributed by atoms with E-state index in [4.69, 9.17) is 10.5 Å². The molecule has 0 bridgehead atoms. The molecule has 0 fully saturated rings. The smallest absolute Gasteiger partial charge is 0.236 e. The lowest BCUT2D eigenvalue weighted by Gasteiger charge is -2.26. The number of nitrogens with two attached hydrogens (primary N) is 1.